The Kier molecular flexibility index (Phi) is 6.33. The Morgan fingerprint density at radius 3 is 2.67 bits per heavy atom. The van der Waals surface area contributed by atoms with Crippen LogP contribution in [0.15, 0.2) is 42.5 Å². The molecule has 0 aliphatic rings. The van der Waals surface area contributed by atoms with Crippen LogP contribution < -0.4 is 10.1 Å². The maximum absolute atomic E-state index is 6.26. The predicted octanol–water partition coefficient (Wildman–Crippen LogP) is 4.85. The molecule has 0 fully saturated rings. The molecule has 0 saturated carbocycles. The van der Waals surface area contributed by atoms with Gasteiger partial charge in [-0.3, -0.25) is 0 Å². The summed E-state index contributed by atoms with van der Waals surface area (Å²) in [6, 6.07) is 14.6. The molecule has 1 atom stereocenters. The highest BCUT2D eigenvalue weighted by Gasteiger charge is 2.14. The van der Waals surface area contributed by atoms with Gasteiger partial charge in [0.2, 0.25) is 0 Å². The van der Waals surface area contributed by atoms with E-state index in [1.807, 2.05) is 24.3 Å². The third-order valence-corrected chi connectivity index (χ3v) is 4.99. The third kappa shape index (κ3) is 4.34. The van der Waals surface area contributed by atoms with Crippen LogP contribution in [0.5, 0.6) is 5.75 Å². The van der Waals surface area contributed by atoms with E-state index in [-0.39, 0.29) is 6.04 Å². The number of benzene rings is 2. The van der Waals surface area contributed by atoms with Crippen molar-refractivity contribution in [2.75, 3.05) is 13.7 Å². The number of methoxy groups -OCH3 is 1. The number of hydrogen-bond donors (Lipinski definition) is 1. The Bertz CT molecular complexity index is 603. The van der Waals surface area contributed by atoms with Crippen LogP contribution in [0.4, 0.5) is 0 Å². The highest BCUT2D eigenvalue weighted by molar-refractivity contribution is 14.1. The van der Waals surface area contributed by atoms with Crippen LogP contribution in [0.25, 0.3) is 0 Å². The lowest BCUT2D eigenvalue weighted by Gasteiger charge is -2.20. The van der Waals surface area contributed by atoms with E-state index >= 15 is 0 Å². The highest BCUT2D eigenvalue weighted by Crippen LogP contribution is 2.28. The summed E-state index contributed by atoms with van der Waals surface area (Å²) in [5, 5.41) is 4.33. The average molecular weight is 416 g/mol. The molecule has 4 heteroatoms. The molecule has 0 aliphatic carbocycles. The summed E-state index contributed by atoms with van der Waals surface area (Å²) in [6.07, 6.45) is 0.870. The van der Waals surface area contributed by atoms with Gasteiger partial charge in [-0.05, 0) is 64.9 Å². The minimum atomic E-state index is 0.223. The molecule has 0 saturated heterocycles. The lowest BCUT2D eigenvalue weighted by atomic mass is 9.98. The SMILES string of the molecule is CCNC(Cc1ccccc1OC)c1ccc(I)c(Cl)c1. The van der Waals surface area contributed by atoms with E-state index in [0.29, 0.717) is 0 Å². The number of halogens is 2. The molecular weight excluding hydrogens is 397 g/mol. The number of para-hydroxylation sites is 1. The molecular formula is C17H19ClINO. The predicted molar refractivity (Wildman–Crippen MR) is 97.3 cm³/mol. The standard InChI is InChI=1S/C17H19ClINO/c1-3-20-16(12-8-9-15(19)14(18)10-12)11-13-6-4-5-7-17(13)21-2/h4-10,16,20H,3,11H2,1-2H3. The van der Waals surface area contributed by atoms with Gasteiger partial charge in [0.05, 0.1) is 12.1 Å². The van der Waals surface area contributed by atoms with E-state index in [1.165, 1.54) is 11.1 Å². The van der Waals surface area contributed by atoms with Gasteiger partial charge in [0.1, 0.15) is 5.75 Å². The Labute approximate surface area is 145 Å². The molecule has 1 unspecified atom stereocenters. The van der Waals surface area contributed by atoms with Gasteiger partial charge in [-0.25, -0.2) is 0 Å². The molecule has 0 aliphatic heterocycles. The third-order valence-electron chi connectivity index (χ3n) is 3.41. The summed E-state index contributed by atoms with van der Waals surface area (Å²) in [5.74, 6) is 0.928. The van der Waals surface area contributed by atoms with Crippen molar-refractivity contribution in [2.24, 2.45) is 0 Å². The zero-order chi connectivity index (χ0) is 15.2. The highest BCUT2D eigenvalue weighted by atomic mass is 127. The second-order valence-electron chi connectivity index (χ2n) is 4.80. The fourth-order valence-corrected chi connectivity index (χ4v) is 2.90. The molecule has 0 radical (unpaired) electrons. The number of hydrogen-bond acceptors (Lipinski definition) is 2. The minimum Gasteiger partial charge on any atom is -0.496 e. The van der Waals surface area contributed by atoms with Crippen LogP contribution in [-0.4, -0.2) is 13.7 Å². The molecule has 0 aromatic heterocycles. The van der Waals surface area contributed by atoms with Crippen LogP contribution >= 0.6 is 34.2 Å². The Morgan fingerprint density at radius 1 is 1.24 bits per heavy atom. The van der Waals surface area contributed by atoms with Gasteiger partial charge in [0.25, 0.3) is 0 Å². The van der Waals surface area contributed by atoms with E-state index in [2.05, 4.69) is 53.0 Å². The van der Waals surface area contributed by atoms with Gasteiger partial charge in [0.15, 0.2) is 0 Å². The van der Waals surface area contributed by atoms with Gasteiger partial charge in [-0.15, -0.1) is 0 Å². The summed E-state index contributed by atoms with van der Waals surface area (Å²) < 4.78 is 6.52. The largest absolute Gasteiger partial charge is 0.496 e. The zero-order valence-electron chi connectivity index (χ0n) is 12.2. The first-order chi connectivity index (χ1) is 10.2. The smallest absolute Gasteiger partial charge is 0.122 e. The fourth-order valence-electron chi connectivity index (χ4n) is 2.37. The molecule has 0 bridgehead atoms. The van der Waals surface area contributed by atoms with Crippen LogP contribution in [0.1, 0.15) is 24.1 Å². The number of nitrogens with one attached hydrogen (secondary N) is 1. The average Bonchev–Trinajstić information content (AvgIpc) is 2.50. The molecule has 0 spiro atoms. The van der Waals surface area contributed by atoms with Crippen molar-refractivity contribution < 1.29 is 4.74 Å². The van der Waals surface area contributed by atoms with Gasteiger partial charge < -0.3 is 10.1 Å². The van der Waals surface area contributed by atoms with E-state index in [0.717, 1.165) is 27.3 Å². The summed E-state index contributed by atoms with van der Waals surface area (Å²) >= 11 is 8.51. The molecule has 2 aromatic carbocycles. The topological polar surface area (TPSA) is 21.3 Å². The van der Waals surface area contributed by atoms with Gasteiger partial charge in [-0.2, -0.15) is 0 Å². The van der Waals surface area contributed by atoms with Gasteiger partial charge in [-0.1, -0.05) is 42.8 Å². The first-order valence-corrected chi connectivity index (χ1v) is 8.41. The van der Waals surface area contributed by atoms with Crippen molar-refractivity contribution in [3.8, 4) is 5.75 Å². The fraction of sp³-hybridized carbons (Fsp3) is 0.294. The van der Waals surface area contributed by atoms with Crippen LogP contribution in [0, 0.1) is 3.57 Å². The van der Waals surface area contributed by atoms with Crippen LogP contribution in [-0.2, 0) is 6.42 Å². The van der Waals surface area contributed by atoms with Gasteiger partial charge in [0, 0.05) is 9.61 Å². The van der Waals surface area contributed by atoms with Crippen LogP contribution in [0.3, 0.4) is 0 Å². The molecule has 0 heterocycles. The Morgan fingerprint density at radius 2 is 2.00 bits per heavy atom. The van der Waals surface area contributed by atoms with Crippen molar-refractivity contribution in [1.82, 2.24) is 5.32 Å². The summed E-state index contributed by atoms with van der Waals surface area (Å²) in [6.45, 7) is 3.02. The first kappa shape index (κ1) is 16.6. The lowest BCUT2D eigenvalue weighted by Crippen LogP contribution is -2.23. The number of likely N-dealkylation sites (N-methyl/N-ethyl adjacent to an activating group) is 1. The summed E-state index contributed by atoms with van der Waals surface area (Å²) in [5.41, 5.74) is 2.40. The molecule has 2 aromatic rings. The molecule has 2 rings (SSSR count). The molecule has 2 nitrogen and oxygen atoms in total. The minimum absolute atomic E-state index is 0.223. The summed E-state index contributed by atoms with van der Waals surface area (Å²) in [7, 11) is 1.71. The normalized spacial score (nSPS) is 12.2. The van der Waals surface area contributed by atoms with E-state index in [1.54, 1.807) is 7.11 Å². The lowest BCUT2D eigenvalue weighted by molar-refractivity contribution is 0.405. The van der Waals surface area contributed by atoms with E-state index in [4.69, 9.17) is 16.3 Å². The monoisotopic (exact) mass is 415 g/mol. The first-order valence-electron chi connectivity index (χ1n) is 6.96. The Hall–Kier alpha value is -0.780. The number of rotatable bonds is 6. The van der Waals surface area contributed by atoms with Crippen molar-refractivity contribution >= 4 is 34.2 Å². The second kappa shape index (κ2) is 8.01. The van der Waals surface area contributed by atoms with E-state index < -0.39 is 0 Å². The second-order valence-corrected chi connectivity index (χ2v) is 6.37. The van der Waals surface area contributed by atoms with Crippen LogP contribution in [0.2, 0.25) is 5.02 Å². The quantitative estimate of drug-likeness (QED) is 0.681. The molecule has 0 amide bonds. The van der Waals surface area contributed by atoms with Crippen molar-refractivity contribution in [1.29, 1.82) is 0 Å². The maximum atomic E-state index is 6.26. The molecule has 112 valence electrons. The summed E-state index contributed by atoms with van der Waals surface area (Å²) in [4.78, 5) is 0. The van der Waals surface area contributed by atoms with Crippen molar-refractivity contribution in [3.05, 3.63) is 62.2 Å². The van der Waals surface area contributed by atoms with E-state index in [9.17, 15) is 0 Å². The van der Waals surface area contributed by atoms with Gasteiger partial charge >= 0.3 is 0 Å². The number of ether oxygens (including phenoxy) is 1. The Balaban J connectivity index is 2.28. The maximum Gasteiger partial charge on any atom is 0.122 e. The van der Waals surface area contributed by atoms with Crippen molar-refractivity contribution in [2.45, 2.75) is 19.4 Å². The van der Waals surface area contributed by atoms with Crippen molar-refractivity contribution in [3.63, 3.8) is 0 Å². The zero-order valence-corrected chi connectivity index (χ0v) is 15.1. The molecule has 21 heavy (non-hydrogen) atoms. The molecule has 1 N–H and O–H groups in total.